The molecule has 0 spiro atoms. The van der Waals surface area contributed by atoms with Crippen molar-refractivity contribution in [2.24, 2.45) is 5.41 Å². The van der Waals surface area contributed by atoms with Crippen molar-refractivity contribution in [3.05, 3.63) is 53.9 Å². The number of nitrogens with zero attached hydrogens (tertiary/aromatic N) is 1. The molecule has 0 aliphatic carbocycles. The Bertz CT molecular complexity index is 624. The Balaban J connectivity index is 2.12. The summed E-state index contributed by atoms with van der Waals surface area (Å²) in [5.41, 5.74) is 3.93. The number of hydrogen-bond donors (Lipinski definition) is 1. The fourth-order valence-electron chi connectivity index (χ4n) is 2.04. The molecule has 0 atom stereocenters. The molecule has 0 fully saturated rings. The highest BCUT2D eigenvalue weighted by Gasteiger charge is 2.13. The van der Waals surface area contributed by atoms with Crippen molar-refractivity contribution in [1.29, 1.82) is 0 Å². The van der Waals surface area contributed by atoms with Gasteiger partial charge in [-0.25, -0.2) is 0 Å². The Morgan fingerprint density at radius 1 is 1.14 bits per heavy atom. The van der Waals surface area contributed by atoms with Crippen molar-refractivity contribution in [3.8, 4) is 11.1 Å². The Labute approximate surface area is 126 Å². The van der Waals surface area contributed by atoms with Crippen LogP contribution < -0.4 is 5.32 Å². The van der Waals surface area contributed by atoms with Gasteiger partial charge < -0.3 is 5.32 Å². The Morgan fingerprint density at radius 3 is 2.38 bits per heavy atom. The summed E-state index contributed by atoms with van der Waals surface area (Å²) in [5, 5.41) is 2.96. The highest BCUT2D eigenvalue weighted by atomic mass is 16.1. The predicted octanol–water partition coefficient (Wildman–Crippen LogP) is 3.83. The standard InChI is InChI=1S/C18H22N2O/c1-13-16(6-5-11-19-13)14-7-9-15(10-8-14)17(21)20-12-18(2,3)4/h5-11H,12H2,1-4H3,(H,20,21). The van der Waals surface area contributed by atoms with Crippen LogP contribution >= 0.6 is 0 Å². The van der Waals surface area contributed by atoms with E-state index in [0.29, 0.717) is 12.1 Å². The molecule has 1 aromatic heterocycles. The molecule has 2 rings (SSSR count). The van der Waals surface area contributed by atoms with Gasteiger partial charge in [-0.05, 0) is 36.1 Å². The van der Waals surface area contributed by atoms with Crippen LogP contribution in [0.4, 0.5) is 0 Å². The van der Waals surface area contributed by atoms with Gasteiger partial charge in [0.1, 0.15) is 0 Å². The van der Waals surface area contributed by atoms with Gasteiger partial charge in [0.25, 0.3) is 5.91 Å². The number of nitrogens with one attached hydrogen (secondary N) is 1. The molecule has 110 valence electrons. The zero-order valence-electron chi connectivity index (χ0n) is 13.1. The van der Waals surface area contributed by atoms with Gasteiger partial charge in [0, 0.05) is 29.6 Å². The topological polar surface area (TPSA) is 42.0 Å². The smallest absolute Gasteiger partial charge is 0.251 e. The van der Waals surface area contributed by atoms with Crippen molar-refractivity contribution in [1.82, 2.24) is 10.3 Å². The van der Waals surface area contributed by atoms with E-state index < -0.39 is 0 Å². The van der Waals surface area contributed by atoms with Crippen LogP contribution in [-0.2, 0) is 0 Å². The number of rotatable bonds is 3. The van der Waals surface area contributed by atoms with E-state index in [2.05, 4.69) is 31.1 Å². The lowest BCUT2D eigenvalue weighted by atomic mass is 9.97. The molecule has 0 aliphatic rings. The molecule has 3 heteroatoms. The highest BCUT2D eigenvalue weighted by Crippen LogP contribution is 2.22. The lowest BCUT2D eigenvalue weighted by Crippen LogP contribution is -2.32. The second-order valence-electron chi connectivity index (χ2n) is 6.46. The average Bonchev–Trinajstić information content (AvgIpc) is 2.45. The summed E-state index contributed by atoms with van der Waals surface area (Å²) < 4.78 is 0. The van der Waals surface area contributed by atoms with E-state index in [4.69, 9.17) is 0 Å². The predicted molar refractivity (Wildman–Crippen MR) is 86.2 cm³/mol. The molecule has 2 aromatic rings. The Kier molecular flexibility index (Phi) is 4.41. The maximum Gasteiger partial charge on any atom is 0.251 e. The number of pyridine rings is 1. The van der Waals surface area contributed by atoms with Crippen molar-refractivity contribution >= 4 is 5.91 Å². The molecular weight excluding hydrogens is 260 g/mol. The van der Waals surface area contributed by atoms with E-state index in [1.54, 1.807) is 6.20 Å². The largest absolute Gasteiger partial charge is 0.352 e. The quantitative estimate of drug-likeness (QED) is 0.929. The first-order valence-corrected chi connectivity index (χ1v) is 7.17. The van der Waals surface area contributed by atoms with Crippen LogP contribution in [0.25, 0.3) is 11.1 Å². The van der Waals surface area contributed by atoms with Crippen LogP contribution in [0.3, 0.4) is 0 Å². The molecule has 0 saturated carbocycles. The molecule has 0 radical (unpaired) electrons. The van der Waals surface area contributed by atoms with Crippen LogP contribution in [0.2, 0.25) is 0 Å². The fourth-order valence-corrected chi connectivity index (χ4v) is 2.04. The van der Waals surface area contributed by atoms with Crippen LogP contribution in [0.15, 0.2) is 42.6 Å². The Hall–Kier alpha value is -2.16. The second kappa shape index (κ2) is 6.08. The molecular formula is C18H22N2O. The molecule has 3 nitrogen and oxygen atoms in total. The van der Waals surface area contributed by atoms with Gasteiger partial charge in [0.2, 0.25) is 0 Å². The number of carbonyl (C=O) groups is 1. The summed E-state index contributed by atoms with van der Waals surface area (Å²) in [6.45, 7) is 8.94. The first kappa shape index (κ1) is 15.2. The summed E-state index contributed by atoms with van der Waals surface area (Å²) in [6, 6.07) is 11.6. The molecule has 1 aromatic carbocycles. The molecule has 0 aliphatic heterocycles. The lowest BCUT2D eigenvalue weighted by molar-refractivity contribution is 0.0939. The van der Waals surface area contributed by atoms with Crippen LogP contribution in [0, 0.1) is 12.3 Å². The zero-order valence-corrected chi connectivity index (χ0v) is 13.1. The van der Waals surface area contributed by atoms with Gasteiger partial charge in [-0.1, -0.05) is 39.0 Å². The first-order chi connectivity index (χ1) is 9.87. The molecule has 0 unspecified atom stereocenters. The van der Waals surface area contributed by atoms with E-state index in [9.17, 15) is 4.79 Å². The first-order valence-electron chi connectivity index (χ1n) is 7.17. The monoisotopic (exact) mass is 282 g/mol. The maximum atomic E-state index is 12.1. The van der Waals surface area contributed by atoms with Gasteiger partial charge in [-0.2, -0.15) is 0 Å². The lowest BCUT2D eigenvalue weighted by Gasteiger charge is -2.18. The minimum Gasteiger partial charge on any atom is -0.352 e. The highest BCUT2D eigenvalue weighted by molar-refractivity contribution is 5.94. The van der Waals surface area contributed by atoms with E-state index in [1.807, 2.05) is 43.3 Å². The number of carbonyl (C=O) groups excluding carboxylic acids is 1. The number of benzene rings is 1. The summed E-state index contributed by atoms with van der Waals surface area (Å²) in [5.74, 6) is -0.0283. The third-order valence-corrected chi connectivity index (χ3v) is 3.24. The molecule has 21 heavy (non-hydrogen) atoms. The fraction of sp³-hybridized carbons (Fsp3) is 0.333. The minimum absolute atomic E-state index is 0.0283. The van der Waals surface area contributed by atoms with E-state index in [0.717, 1.165) is 16.8 Å². The number of hydrogen-bond acceptors (Lipinski definition) is 2. The van der Waals surface area contributed by atoms with Crippen LogP contribution in [0.5, 0.6) is 0 Å². The molecule has 0 saturated heterocycles. The summed E-state index contributed by atoms with van der Waals surface area (Å²) >= 11 is 0. The van der Waals surface area contributed by atoms with Gasteiger partial charge in [0.05, 0.1) is 0 Å². The van der Waals surface area contributed by atoms with Gasteiger partial charge in [-0.15, -0.1) is 0 Å². The van der Waals surface area contributed by atoms with Gasteiger partial charge >= 0.3 is 0 Å². The van der Waals surface area contributed by atoms with Gasteiger partial charge in [0.15, 0.2) is 0 Å². The molecule has 0 bridgehead atoms. The third kappa shape index (κ3) is 4.15. The normalized spacial score (nSPS) is 11.2. The van der Waals surface area contributed by atoms with E-state index in [1.165, 1.54) is 0 Å². The summed E-state index contributed by atoms with van der Waals surface area (Å²) in [6.07, 6.45) is 1.78. The van der Waals surface area contributed by atoms with Crippen LogP contribution in [0.1, 0.15) is 36.8 Å². The van der Waals surface area contributed by atoms with E-state index in [-0.39, 0.29) is 11.3 Å². The van der Waals surface area contributed by atoms with E-state index >= 15 is 0 Å². The van der Waals surface area contributed by atoms with Gasteiger partial charge in [-0.3, -0.25) is 9.78 Å². The SMILES string of the molecule is Cc1ncccc1-c1ccc(C(=O)NCC(C)(C)C)cc1. The Morgan fingerprint density at radius 2 is 1.81 bits per heavy atom. The molecule has 1 amide bonds. The minimum atomic E-state index is -0.0283. The number of aryl methyl sites for hydroxylation is 1. The number of amides is 1. The average molecular weight is 282 g/mol. The van der Waals surface area contributed by atoms with Crippen molar-refractivity contribution in [3.63, 3.8) is 0 Å². The van der Waals surface area contributed by atoms with Crippen molar-refractivity contribution in [2.45, 2.75) is 27.7 Å². The molecule has 1 N–H and O–H groups in total. The summed E-state index contributed by atoms with van der Waals surface area (Å²) in [4.78, 5) is 16.4. The van der Waals surface area contributed by atoms with Crippen molar-refractivity contribution < 1.29 is 4.79 Å². The summed E-state index contributed by atoms with van der Waals surface area (Å²) in [7, 11) is 0. The third-order valence-electron chi connectivity index (χ3n) is 3.24. The zero-order chi connectivity index (χ0) is 15.5. The number of aromatic nitrogens is 1. The van der Waals surface area contributed by atoms with Crippen molar-refractivity contribution in [2.75, 3.05) is 6.54 Å². The van der Waals surface area contributed by atoms with Crippen LogP contribution in [-0.4, -0.2) is 17.4 Å². The maximum absolute atomic E-state index is 12.1. The molecule has 1 heterocycles. The second-order valence-corrected chi connectivity index (χ2v) is 6.46.